The molecule has 7 rings (SSSR count). The van der Waals surface area contributed by atoms with Crippen molar-refractivity contribution in [3.63, 3.8) is 0 Å². The van der Waals surface area contributed by atoms with Crippen molar-refractivity contribution in [3.8, 4) is 0 Å². The Labute approximate surface area is 426 Å². The van der Waals surface area contributed by atoms with Gasteiger partial charge in [-0.3, -0.25) is 14.4 Å². The molecule has 0 radical (unpaired) electrons. The van der Waals surface area contributed by atoms with Crippen LogP contribution in [0.15, 0.2) is 84.1 Å². The number of anilines is 1. The second kappa shape index (κ2) is 24.6. The highest BCUT2D eigenvalue weighted by molar-refractivity contribution is 6.39. The molecule has 14 unspecified atom stereocenters. The third-order valence-corrected chi connectivity index (χ3v) is 16.2. The molecule has 72 heavy (non-hydrogen) atoms. The summed E-state index contributed by atoms with van der Waals surface area (Å²) in [5.41, 5.74) is 5.13. The highest BCUT2D eigenvalue weighted by atomic mass is 16.7. The number of amides is 1. The number of allylic oxidation sites excluding steroid dienone is 3. The van der Waals surface area contributed by atoms with Gasteiger partial charge in [-0.1, -0.05) is 75.8 Å². The van der Waals surface area contributed by atoms with Crippen LogP contribution in [0.5, 0.6) is 0 Å². The van der Waals surface area contributed by atoms with E-state index >= 15 is 0 Å². The van der Waals surface area contributed by atoms with E-state index < -0.39 is 77.8 Å². The molecule has 3 fully saturated rings. The summed E-state index contributed by atoms with van der Waals surface area (Å²) in [6, 6.07) is 17.9. The van der Waals surface area contributed by atoms with E-state index in [4.69, 9.17) is 23.7 Å². The van der Waals surface area contributed by atoms with Gasteiger partial charge in [0.15, 0.2) is 0 Å². The Morgan fingerprint density at radius 1 is 0.889 bits per heavy atom. The van der Waals surface area contributed by atoms with Gasteiger partial charge >= 0.3 is 5.97 Å². The van der Waals surface area contributed by atoms with E-state index in [0.29, 0.717) is 44.1 Å². The fraction of sp³-hybridized carbons (Fsp3) is 0.621. The van der Waals surface area contributed by atoms with E-state index in [1.165, 1.54) is 10.5 Å². The monoisotopic (exact) mass is 996 g/mol. The summed E-state index contributed by atoms with van der Waals surface area (Å²) in [7, 11) is 4.82. The highest BCUT2D eigenvalue weighted by Crippen LogP contribution is 2.40. The quantitative estimate of drug-likeness (QED) is 0.100. The first-order chi connectivity index (χ1) is 34.5. The van der Waals surface area contributed by atoms with Crippen molar-refractivity contribution >= 4 is 40.0 Å². The van der Waals surface area contributed by atoms with Gasteiger partial charge in [-0.15, -0.1) is 0 Å². The normalized spacial score (nSPS) is 34.9. The third kappa shape index (κ3) is 12.6. The molecule has 14 heteroatoms. The number of ketones is 2. The number of Topliss-reactive ketones (excluding diaryl/α,β-unsaturated/α-hetero) is 2. The fourth-order valence-corrected chi connectivity index (χ4v) is 12.0. The lowest BCUT2D eigenvalue weighted by Gasteiger charge is -2.47. The Morgan fingerprint density at radius 3 is 2.32 bits per heavy atom. The molecular formula is C58H81N3O11. The summed E-state index contributed by atoms with van der Waals surface area (Å²) < 4.78 is 33.0. The highest BCUT2D eigenvalue weighted by Gasteiger charge is 2.56. The molecule has 3 N–H and O–H groups in total. The van der Waals surface area contributed by atoms with Crippen LogP contribution in [0, 0.1) is 29.6 Å². The molecular weight excluding hydrogens is 915 g/mol. The predicted molar refractivity (Wildman–Crippen MR) is 277 cm³/mol. The number of fused-ring (bicyclic) bond motifs is 4. The molecule has 4 aliphatic rings. The Kier molecular flexibility index (Phi) is 18.8. The van der Waals surface area contributed by atoms with E-state index in [1.54, 1.807) is 35.2 Å². The maximum Gasteiger partial charge on any atom is 0.329 e. The van der Waals surface area contributed by atoms with Crippen molar-refractivity contribution in [2.45, 2.75) is 173 Å². The van der Waals surface area contributed by atoms with Crippen molar-refractivity contribution in [2.24, 2.45) is 29.6 Å². The molecule has 3 aromatic rings. The summed E-state index contributed by atoms with van der Waals surface area (Å²) in [5.74, 6) is -7.44. The molecule has 0 spiro atoms. The van der Waals surface area contributed by atoms with Gasteiger partial charge in [-0.25, -0.2) is 4.79 Å². The minimum atomic E-state index is -2.51. The number of aliphatic hydroxyl groups is 2. The molecule has 14 atom stereocenters. The Bertz CT molecular complexity index is 2400. The largest absolute Gasteiger partial charge is 0.456 e. The maximum absolute atomic E-state index is 14.6. The van der Waals surface area contributed by atoms with Gasteiger partial charge < -0.3 is 48.7 Å². The van der Waals surface area contributed by atoms with E-state index in [9.17, 15) is 29.4 Å². The first-order valence-electron chi connectivity index (χ1n) is 26.5. The van der Waals surface area contributed by atoms with Crippen molar-refractivity contribution in [2.75, 3.05) is 33.2 Å². The van der Waals surface area contributed by atoms with Gasteiger partial charge in [0.2, 0.25) is 5.79 Å². The average molecular weight is 996 g/mol. The van der Waals surface area contributed by atoms with Crippen LogP contribution < -0.4 is 5.32 Å². The number of carbonyl (C=O) groups is 4. The molecule has 3 aliphatic heterocycles. The molecule has 1 aliphatic carbocycles. The number of esters is 1. The lowest BCUT2D eigenvalue weighted by molar-refractivity contribution is -0.302. The van der Waals surface area contributed by atoms with Crippen molar-refractivity contribution in [1.29, 1.82) is 0 Å². The molecule has 14 nitrogen and oxygen atoms in total. The van der Waals surface area contributed by atoms with Crippen molar-refractivity contribution < 1.29 is 53.1 Å². The van der Waals surface area contributed by atoms with Crippen LogP contribution in [0.25, 0.3) is 10.9 Å². The van der Waals surface area contributed by atoms with Crippen LogP contribution in [-0.4, -0.2) is 125 Å². The van der Waals surface area contributed by atoms with Gasteiger partial charge in [0.25, 0.3) is 11.7 Å². The van der Waals surface area contributed by atoms with Gasteiger partial charge in [0.05, 0.1) is 30.5 Å². The summed E-state index contributed by atoms with van der Waals surface area (Å²) in [5, 5.41) is 29.0. The average Bonchev–Trinajstić information content (AvgIpc) is 3.77. The van der Waals surface area contributed by atoms with Gasteiger partial charge in [-0.05, 0) is 125 Å². The number of ether oxygens (including phenoxy) is 5. The first-order valence-corrected chi connectivity index (χ1v) is 26.5. The zero-order valence-electron chi connectivity index (χ0n) is 44.1. The zero-order valence-corrected chi connectivity index (χ0v) is 44.1. The van der Waals surface area contributed by atoms with Crippen LogP contribution in [0.3, 0.4) is 0 Å². The van der Waals surface area contributed by atoms with E-state index in [-0.39, 0.29) is 55.6 Å². The molecule has 4 heterocycles. The summed E-state index contributed by atoms with van der Waals surface area (Å²) in [4.78, 5) is 58.8. The van der Waals surface area contributed by atoms with Gasteiger partial charge in [-0.2, -0.15) is 0 Å². The van der Waals surface area contributed by atoms with Crippen molar-refractivity contribution in [1.82, 2.24) is 9.47 Å². The Morgan fingerprint density at radius 2 is 1.61 bits per heavy atom. The fourth-order valence-electron chi connectivity index (χ4n) is 12.0. The number of benzene rings is 2. The van der Waals surface area contributed by atoms with Crippen LogP contribution in [-0.2, 0) is 49.4 Å². The number of nitrogens with zero attached hydrogens (tertiary/aromatic N) is 2. The number of rotatable bonds is 10. The Balaban J connectivity index is 1.14. The number of hydrogen-bond acceptors (Lipinski definition) is 12. The smallest absolute Gasteiger partial charge is 0.329 e. The van der Waals surface area contributed by atoms with E-state index in [1.807, 2.05) is 32.9 Å². The molecule has 394 valence electrons. The number of aliphatic hydroxyl groups excluding tert-OH is 1. The van der Waals surface area contributed by atoms with Crippen LogP contribution in [0.2, 0.25) is 0 Å². The summed E-state index contributed by atoms with van der Waals surface area (Å²) >= 11 is 0. The molecule has 1 saturated carbocycles. The number of cyclic esters (lactones) is 1. The Hall–Kier alpha value is -4.70. The van der Waals surface area contributed by atoms with E-state index in [2.05, 4.69) is 77.6 Å². The summed E-state index contributed by atoms with van der Waals surface area (Å²) in [6.45, 7) is 12.2. The SMILES string of the molecule is CCC1/C=C(\C)CC(C)CC(OC)C2OC(O)(C(=O)C(=O)N3CCCCC3C(=O)OC(C(C)=CC3CCC(Nc4ccc5c(ccn5Cc5ccccc5)c4)C(OC)C3)C(C)C(O)CC1=O)C(C)CC2OC. The maximum atomic E-state index is 14.6. The zero-order chi connectivity index (χ0) is 51.9. The minimum absolute atomic E-state index is 0.0299. The topological polar surface area (TPSA) is 175 Å². The van der Waals surface area contributed by atoms with Crippen LogP contribution in [0.1, 0.15) is 118 Å². The van der Waals surface area contributed by atoms with Crippen LogP contribution >= 0.6 is 0 Å². The molecule has 2 aromatic carbocycles. The first kappa shape index (κ1) is 55.1. The number of piperidine rings is 1. The summed E-state index contributed by atoms with van der Waals surface area (Å²) in [6.07, 6.45) is 7.30. The van der Waals surface area contributed by atoms with E-state index in [0.717, 1.165) is 41.5 Å². The lowest BCUT2D eigenvalue weighted by atomic mass is 9.80. The predicted octanol–water partition coefficient (Wildman–Crippen LogP) is 8.60. The number of carbonyl (C=O) groups excluding carboxylic acids is 4. The molecule has 1 amide bonds. The molecule has 1 aromatic heterocycles. The number of hydrogen-bond donors (Lipinski definition) is 3. The third-order valence-electron chi connectivity index (χ3n) is 16.2. The van der Waals surface area contributed by atoms with Gasteiger partial charge in [0.1, 0.15) is 24.0 Å². The van der Waals surface area contributed by atoms with Crippen LogP contribution in [0.4, 0.5) is 5.69 Å². The van der Waals surface area contributed by atoms with Crippen molar-refractivity contribution in [3.05, 3.63) is 89.7 Å². The second-order valence-electron chi connectivity index (χ2n) is 21.5. The van der Waals surface area contributed by atoms with Gasteiger partial charge in [0, 0.05) is 81.4 Å². The number of aromatic nitrogens is 1. The number of methoxy groups -OCH3 is 3. The second-order valence-corrected chi connectivity index (χ2v) is 21.5. The number of nitrogens with one attached hydrogen (secondary N) is 1. The standard InChI is InChI=1S/C58H81N3O11/c1-10-42-27-35(2)26-36(3)28-51(69-8)54-52(70-9)30-38(5)58(67,72-54)55(64)56(65)61-24-15-14-18-47(61)57(66)71-53(39(6)48(62)33-49(42)63)37(4)29-41-19-21-45(50(31-41)68-7)59-44-20-22-46-43(32-44)23-25-60(46)34-40-16-12-11-13-17-40/h11-13,16-17,20,22-23,25,27,29,32,36,38-39,41-42,45,47-48,50-54,59,62,67H,10,14-15,18-19,21,24,26,28,30-31,33-34H2,1-9H3/b35-27+,37-29?. The lowest BCUT2D eigenvalue weighted by Crippen LogP contribution is -2.64. The molecule has 2 saturated heterocycles. The molecule has 2 bridgehead atoms. The minimum Gasteiger partial charge on any atom is -0.456 e.